The van der Waals surface area contributed by atoms with Crippen LogP contribution in [0.15, 0.2) is 109 Å². The van der Waals surface area contributed by atoms with Gasteiger partial charge in [-0.3, -0.25) is 14.8 Å². The number of carbonyl (C=O) groups excluding carboxylic acids is 1. The van der Waals surface area contributed by atoms with Gasteiger partial charge < -0.3 is 49.1 Å². The van der Waals surface area contributed by atoms with E-state index in [-0.39, 0.29) is 12.5 Å². The van der Waals surface area contributed by atoms with Crippen molar-refractivity contribution in [3.63, 3.8) is 0 Å². The molecule has 0 spiro atoms. The fourth-order valence-corrected chi connectivity index (χ4v) is 6.78. The lowest BCUT2D eigenvalue weighted by Crippen LogP contribution is -2.48. The Morgan fingerprint density at radius 3 is 1.44 bits per heavy atom. The van der Waals surface area contributed by atoms with Gasteiger partial charge in [-0.2, -0.15) is 0 Å². The third-order valence-electron chi connectivity index (χ3n) is 9.85. The Morgan fingerprint density at radius 2 is 1.02 bits per heavy atom. The summed E-state index contributed by atoms with van der Waals surface area (Å²) in [5.41, 5.74) is 4.76. The normalized spacial score (nSPS) is 13.3. The second kappa shape index (κ2) is 23.0. The number of nitrogens with one attached hydrogen (secondary N) is 1. The van der Waals surface area contributed by atoms with E-state index in [9.17, 15) is 9.59 Å². The van der Waals surface area contributed by atoms with Crippen LogP contribution in [0.2, 0.25) is 6.82 Å². The van der Waals surface area contributed by atoms with Crippen LogP contribution in [0, 0.1) is 0 Å². The zero-order valence-electron chi connectivity index (χ0n) is 35.3. The maximum absolute atomic E-state index is 13.1. The highest BCUT2D eigenvalue weighted by molar-refractivity contribution is 7.59. The molecule has 1 amide bonds. The molecule has 0 aliphatic carbocycles. The molecule has 0 radical (unpaired) electrons. The molecule has 3 N–H and O–H groups in total. The van der Waals surface area contributed by atoms with E-state index in [0.717, 1.165) is 84.5 Å². The van der Waals surface area contributed by atoms with Crippen molar-refractivity contribution in [2.24, 2.45) is 0 Å². The number of carboxylic acid groups (broad SMARTS) is 1. The largest absolute Gasteiger partial charge is 0.497 e. The summed E-state index contributed by atoms with van der Waals surface area (Å²) >= 11 is 0. The smallest absolute Gasteiger partial charge is 0.336 e. The molecule has 61 heavy (non-hydrogen) atoms. The van der Waals surface area contributed by atoms with Crippen LogP contribution in [0.3, 0.4) is 0 Å². The number of pyridine rings is 2. The summed E-state index contributed by atoms with van der Waals surface area (Å²) in [5.74, 6) is 2.34. The number of piperazine rings is 2. The van der Waals surface area contributed by atoms with Crippen LogP contribution in [0.4, 0.5) is 11.4 Å². The Bertz CT molecular complexity index is 2300. The number of para-hydroxylation sites is 2. The number of anilines is 2. The van der Waals surface area contributed by atoms with Crippen molar-refractivity contribution in [2.75, 3.05) is 90.6 Å². The highest BCUT2D eigenvalue weighted by Gasteiger charge is 2.24. The van der Waals surface area contributed by atoms with Crippen LogP contribution in [-0.4, -0.2) is 124 Å². The Kier molecular flexibility index (Phi) is 17.3. The van der Waals surface area contributed by atoms with Crippen LogP contribution in [-0.2, 0) is 0 Å². The van der Waals surface area contributed by atoms with Crippen molar-refractivity contribution in [2.45, 2.75) is 6.82 Å². The Hall–Kier alpha value is -6.15. The first-order valence-corrected chi connectivity index (χ1v) is 20.5. The van der Waals surface area contributed by atoms with Gasteiger partial charge >= 0.3 is 12.6 Å². The summed E-state index contributed by atoms with van der Waals surface area (Å²) in [7, 11) is 8.86. The molecule has 8 rings (SSSR count). The molecule has 1 unspecified atom stereocenters. The highest BCUT2D eigenvalue weighted by atomic mass is 31.0. The molecule has 2 aromatic heterocycles. The standard InChI is InChI=1S/C22H23N3O3.C12H18N2O2.C10H7NO2.CH6BOP/c1-27-17-13-16(14-18(15-17)28-2)24-9-11-25(12-10-24)22(26)20-7-8-23-21-6-4-3-5-19(20)21;1-15-11-7-10(8-12(9-11)16-2)14-5-3-13-4-6-14;12-10(13)8-5-6-11-9-4-2-1-3-7(8)9;1-2(3)4/h3-8,13-15H,9-12H2,1-2H3;7-9,13H,3-6H2,1-2H3;1-6H,(H,12,13);3H,4H2,1H3. The SMILES string of the molecule is CB(O)P.COc1cc(OC)cc(N2CCN(C(=O)c3ccnc4ccccc34)CC2)c1.COc1cc(OC)cc(N2CCNCC2)c1.O=C(O)c1ccnc2ccccc12. The van der Waals surface area contributed by atoms with E-state index >= 15 is 0 Å². The molecule has 0 saturated carbocycles. The number of benzene rings is 4. The second-order valence-corrected chi connectivity index (χ2v) is 14.9. The summed E-state index contributed by atoms with van der Waals surface area (Å²) in [5, 5.41) is 21.8. The average molecular weight is 849 g/mol. The molecule has 2 aliphatic heterocycles. The first-order valence-electron chi connectivity index (χ1n) is 19.9. The van der Waals surface area contributed by atoms with Crippen molar-refractivity contribution >= 4 is 60.8 Å². The van der Waals surface area contributed by atoms with E-state index in [4.69, 9.17) is 29.1 Å². The van der Waals surface area contributed by atoms with Gasteiger partial charge in [-0.05, 0) is 24.3 Å². The number of hydrogen-bond donors (Lipinski definition) is 3. The van der Waals surface area contributed by atoms with Crippen molar-refractivity contribution < 1.29 is 38.7 Å². The monoisotopic (exact) mass is 848 g/mol. The Morgan fingerprint density at radius 1 is 0.623 bits per heavy atom. The van der Waals surface area contributed by atoms with Gasteiger partial charge in [0.25, 0.3) is 5.91 Å². The van der Waals surface area contributed by atoms with Crippen molar-refractivity contribution in [1.82, 2.24) is 20.2 Å². The molecular weight excluding hydrogens is 794 g/mol. The minimum Gasteiger partial charge on any atom is -0.497 e. The van der Waals surface area contributed by atoms with E-state index in [2.05, 4.69) is 34.2 Å². The second-order valence-electron chi connectivity index (χ2n) is 14.0. The van der Waals surface area contributed by atoms with E-state index in [1.807, 2.05) is 77.7 Å². The first kappa shape index (κ1) is 45.9. The van der Waals surface area contributed by atoms with E-state index < -0.39 is 5.97 Å². The fraction of sp³-hybridized carbons (Fsp3) is 0.289. The molecule has 1 atom stereocenters. The third kappa shape index (κ3) is 12.9. The van der Waals surface area contributed by atoms with Crippen LogP contribution < -0.4 is 34.1 Å². The number of amides is 1. The summed E-state index contributed by atoms with van der Waals surface area (Å²) in [4.78, 5) is 38.8. The molecule has 2 fully saturated rings. The van der Waals surface area contributed by atoms with Crippen LogP contribution in [0.1, 0.15) is 20.7 Å². The number of carbonyl (C=O) groups is 2. The molecule has 4 heterocycles. The molecule has 14 nitrogen and oxygen atoms in total. The number of methoxy groups -OCH3 is 4. The summed E-state index contributed by atoms with van der Waals surface area (Å²) in [6.45, 7) is 8.37. The maximum atomic E-state index is 13.1. The number of nitrogens with zero attached hydrogens (tertiary/aromatic N) is 5. The van der Waals surface area contributed by atoms with Crippen molar-refractivity contribution in [3.05, 3.63) is 121 Å². The van der Waals surface area contributed by atoms with Gasteiger partial charge in [0.05, 0.1) is 50.6 Å². The van der Waals surface area contributed by atoms with E-state index in [1.165, 1.54) is 12.3 Å². The third-order valence-corrected chi connectivity index (χ3v) is 9.85. The highest BCUT2D eigenvalue weighted by Crippen LogP contribution is 2.30. The molecule has 2 saturated heterocycles. The fourth-order valence-electron chi connectivity index (χ4n) is 6.78. The number of rotatable bonds is 8. The lowest BCUT2D eigenvalue weighted by molar-refractivity contribution is 0.0697. The quantitative estimate of drug-likeness (QED) is 0.117. The minimum atomic E-state index is -0.918. The van der Waals surface area contributed by atoms with Gasteiger partial charge in [0.1, 0.15) is 23.0 Å². The van der Waals surface area contributed by atoms with Gasteiger partial charge in [-0.15, -0.1) is 9.12 Å². The summed E-state index contributed by atoms with van der Waals surface area (Å²) in [6.07, 6.45) is 3.21. The van der Waals surface area contributed by atoms with Gasteiger partial charge in [0.15, 0.2) is 0 Å². The predicted molar refractivity (Wildman–Crippen MR) is 246 cm³/mol. The molecular formula is C45H54BN6O8P. The van der Waals surface area contributed by atoms with Crippen LogP contribution in [0.25, 0.3) is 21.8 Å². The molecule has 6 aromatic rings. The molecule has 16 heteroatoms. The average Bonchev–Trinajstić information content (AvgIpc) is 3.31. The van der Waals surface area contributed by atoms with Gasteiger partial charge in [-0.1, -0.05) is 43.2 Å². The zero-order chi connectivity index (χ0) is 43.7. The number of fused-ring (bicyclic) bond motifs is 2. The topological polar surface area (TPSA) is 159 Å². The number of carboxylic acids is 1. The molecule has 4 aromatic carbocycles. The zero-order valence-corrected chi connectivity index (χ0v) is 36.4. The van der Waals surface area contributed by atoms with Crippen molar-refractivity contribution in [1.29, 1.82) is 0 Å². The number of ether oxygens (including phenoxy) is 4. The number of aromatic nitrogens is 2. The first-order chi connectivity index (χ1) is 29.5. The minimum absolute atomic E-state index is 0.0569. The van der Waals surface area contributed by atoms with Crippen LogP contribution >= 0.6 is 9.12 Å². The van der Waals surface area contributed by atoms with Gasteiger partial charge in [0.2, 0.25) is 0 Å². The molecule has 2 aliphatic rings. The number of hydrogen-bond acceptors (Lipinski definition) is 12. The lowest BCUT2D eigenvalue weighted by Gasteiger charge is -2.36. The van der Waals surface area contributed by atoms with E-state index in [0.29, 0.717) is 35.1 Å². The lowest BCUT2D eigenvalue weighted by atomic mass is 10.1. The Balaban J connectivity index is 0.000000180. The molecule has 0 bridgehead atoms. The number of aromatic carboxylic acids is 1. The van der Waals surface area contributed by atoms with Gasteiger partial charge in [0, 0.05) is 123 Å². The summed E-state index contributed by atoms with van der Waals surface area (Å²) in [6, 6.07) is 30.1. The van der Waals surface area contributed by atoms with Gasteiger partial charge in [-0.25, -0.2) is 4.79 Å². The Labute approximate surface area is 359 Å². The molecule has 320 valence electrons. The predicted octanol–water partition coefficient (Wildman–Crippen LogP) is 6.23. The van der Waals surface area contributed by atoms with Crippen molar-refractivity contribution in [3.8, 4) is 23.0 Å². The van der Waals surface area contributed by atoms with E-state index in [1.54, 1.807) is 59.7 Å². The maximum Gasteiger partial charge on any atom is 0.336 e. The van der Waals surface area contributed by atoms with Crippen LogP contribution in [0.5, 0.6) is 23.0 Å². The summed E-state index contributed by atoms with van der Waals surface area (Å²) < 4.78 is 21.3.